The molecule has 3 atom stereocenters. The van der Waals surface area contributed by atoms with Crippen molar-refractivity contribution >= 4 is 23.5 Å². The molecule has 2 heterocycles. The maximum atomic E-state index is 5.76. The minimum atomic E-state index is 0.169. The summed E-state index contributed by atoms with van der Waals surface area (Å²) in [6.07, 6.45) is 4.71. The minimum Gasteiger partial charge on any atom is -0.328 e. The maximum absolute atomic E-state index is 5.76. The van der Waals surface area contributed by atoms with Crippen LogP contribution >= 0.6 is 23.5 Å². The van der Waals surface area contributed by atoms with Crippen LogP contribution in [0.15, 0.2) is 12.4 Å². The van der Waals surface area contributed by atoms with Crippen LogP contribution in [0.1, 0.15) is 30.5 Å². The van der Waals surface area contributed by atoms with E-state index >= 15 is 0 Å². The third-order valence-electron chi connectivity index (χ3n) is 2.73. The van der Waals surface area contributed by atoms with Crippen molar-refractivity contribution in [2.24, 2.45) is 5.73 Å². The highest BCUT2D eigenvalue weighted by Crippen LogP contribution is 2.40. The van der Waals surface area contributed by atoms with Crippen molar-refractivity contribution in [3.05, 3.63) is 23.8 Å². The van der Waals surface area contributed by atoms with E-state index in [1.54, 1.807) is 0 Å². The van der Waals surface area contributed by atoms with Crippen LogP contribution in [0.4, 0.5) is 0 Å². The summed E-state index contributed by atoms with van der Waals surface area (Å²) in [7, 11) is 0. The summed E-state index contributed by atoms with van der Waals surface area (Å²) >= 11 is 3.99. The van der Waals surface area contributed by atoms with Crippen molar-refractivity contribution in [3.63, 3.8) is 0 Å². The molecule has 1 aromatic heterocycles. The van der Waals surface area contributed by atoms with Crippen LogP contribution < -0.4 is 5.73 Å². The van der Waals surface area contributed by atoms with E-state index in [-0.39, 0.29) is 6.04 Å². The largest absolute Gasteiger partial charge is 0.328 e. The predicted molar refractivity (Wildman–Crippen MR) is 76.5 cm³/mol. The van der Waals surface area contributed by atoms with E-state index in [9.17, 15) is 0 Å². The Morgan fingerprint density at radius 2 is 2.00 bits per heavy atom. The van der Waals surface area contributed by atoms with Crippen LogP contribution in [0.25, 0.3) is 0 Å². The summed E-state index contributed by atoms with van der Waals surface area (Å²) in [4.78, 5) is 9.01. The fourth-order valence-corrected chi connectivity index (χ4v) is 4.61. The summed E-state index contributed by atoms with van der Waals surface area (Å²) in [6.45, 7) is 4.27. The molecule has 0 radical (unpaired) electrons. The van der Waals surface area contributed by atoms with E-state index in [0.717, 1.165) is 17.8 Å². The molecule has 0 amide bonds. The van der Waals surface area contributed by atoms with Gasteiger partial charge >= 0.3 is 0 Å². The molecule has 2 rings (SSSR count). The van der Waals surface area contributed by atoms with Gasteiger partial charge in [0.25, 0.3) is 0 Å². The molecule has 3 nitrogen and oxygen atoms in total. The Hall–Kier alpha value is -0.260. The number of aromatic nitrogens is 2. The molecule has 0 saturated carbocycles. The highest BCUT2D eigenvalue weighted by Gasteiger charge is 2.26. The van der Waals surface area contributed by atoms with Crippen molar-refractivity contribution in [1.82, 2.24) is 9.97 Å². The van der Waals surface area contributed by atoms with Crippen molar-refractivity contribution < 1.29 is 0 Å². The highest BCUT2D eigenvalue weighted by atomic mass is 32.2. The molecule has 0 aliphatic carbocycles. The summed E-state index contributed by atoms with van der Waals surface area (Å²) in [5, 5.41) is 1.05. The molecule has 17 heavy (non-hydrogen) atoms. The van der Waals surface area contributed by atoms with Gasteiger partial charge in [0, 0.05) is 35.2 Å². The number of nitrogens with zero attached hydrogens (tertiary/aromatic N) is 2. The Labute approximate surface area is 111 Å². The van der Waals surface area contributed by atoms with Gasteiger partial charge < -0.3 is 5.73 Å². The van der Waals surface area contributed by atoms with Gasteiger partial charge in [-0.1, -0.05) is 6.92 Å². The molecule has 0 bridgehead atoms. The molecule has 1 aliphatic rings. The summed E-state index contributed by atoms with van der Waals surface area (Å²) in [6, 6.07) is 0.169. The van der Waals surface area contributed by atoms with Crippen LogP contribution in [-0.2, 0) is 6.42 Å². The Kier molecular flexibility index (Phi) is 4.70. The quantitative estimate of drug-likeness (QED) is 0.912. The van der Waals surface area contributed by atoms with E-state index in [2.05, 4.69) is 16.9 Å². The van der Waals surface area contributed by atoms with Gasteiger partial charge in [0.05, 0.1) is 5.25 Å². The zero-order valence-corrected chi connectivity index (χ0v) is 11.9. The average Bonchev–Trinajstić information content (AvgIpc) is 2.30. The predicted octanol–water partition coefficient (Wildman–Crippen LogP) is 2.28. The molecule has 2 N–H and O–H groups in total. The lowest BCUT2D eigenvalue weighted by Crippen LogP contribution is -2.20. The SMILES string of the molecule is CC(N)Cc1cnc(C2SCCSC2C)nc1. The molecule has 0 aromatic carbocycles. The smallest absolute Gasteiger partial charge is 0.142 e. The number of hydrogen-bond acceptors (Lipinski definition) is 5. The third kappa shape index (κ3) is 3.60. The number of thioether (sulfide) groups is 2. The summed E-state index contributed by atoms with van der Waals surface area (Å²) in [5.74, 6) is 3.42. The van der Waals surface area contributed by atoms with E-state index in [4.69, 9.17) is 5.73 Å². The first kappa shape index (κ1) is 13.2. The second-order valence-corrected chi connectivity index (χ2v) is 7.23. The van der Waals surface area contributed by atoms with Crippen molar-refractivity contribution in [2.75, 3.05) is 11.5 Å². The zero-order chi connectivity index (χ0) is 12.3. The van der Waals surface area contributed by atoms with Gasteiger partial charge in [-0.25, -0.2) is 9.97 Å². The van der Waals surface area contributed by atoms with Gasteiger partial charge in [0.15, 0.2) is 0 Å². The van der Waals surface area contributed by atoms with Crippen LogP contribution in [0.3, 0.4) is 0 Å². The Morgan fingerprint density at radius 1 is 1.35 bits per heavy atom. The zero-order valence-electron chi connectivity index (χ0n) is 10.3. The van der Waals surface area contributed by atoms with Gasteiger partial charge in [0.2, 0.25) is 0 Å². The van der Waals surface area contributed by atoms with E-state index in [0.29, 0.717) is 10.5 Å². The normalized spacial score (nSPS) is 26.8. The Morgan fingerprint density at radius 3 is 2.59 bits per heavy atom. The molecule has 1 aromatic rings. The molecular formula is C12H19N3S2. The van der Waals surface area contributed by atoms with Crippen LogP contribution in [0, 0.1) is 0 Å². The van der Waals surface area contributed by atoms with Gasteiger partial charge in [-0.2, -0.15) is 11.8 Å². The van der Waals surface area contributed by atoms with Crippen molar-refractivity contribution in [3.8, 4) is 0 Å². The monoisotopic (exact) mass is 269 g/mol. The van der Waals surface area contributed by atoms with Gasteiger partial charge in [-0.05, 0) is 18.9 Å². The lowest BCUT2D eigenvalue weighted by molar-refractivity contribution is 0.725. The van der Waals surface area contributed by atoms with E-state index in [1.165, 1.54) is 11.5 Å². The molecule has 5 heteroatoms. The third-order valence-corrected chi connectivity index (χ3v) is 5.81. The van der Waals surface area contributed by atoms with Crippen molar-refractivity contribution in [2.45, 2.75) is 36.8 Å². The summed E-state index contributed by atoms with van der Waals surface area (Å²) in [5.41, 5.74) is 6.89. The van der Waals surface area contributed by atoms with Gasteiger partial charge in [-0.15, -0.1) is 11.8 Å². The van der Waals surface area contributed by atoms with Crippen molar-refractivity contribution in [1.29, 1.82) is 0 Å². The lowest BCUT2D eigenvalue weighted by Gasteiger charge is -2.26. The molecule has 3 unspecified atom stereocenters. The second-order valence-electron chi connectivity index (χ2n) is 4.50. The first-order valence-corrected chi connectivity index (χ1v) is 8.06. The molecule has 1 aliphatic heterocycles. The molecule has 0 spiro atoms. The van der Waals surface area contributed by atoms with E-state index in [1.807, 2.05) is 42.8 Å². The first-order chi connectivity index (χ1) is 8.16. The van der Waals surface area contributed by atoms with Crippen LogP contribution in [0.2, 0.25) is 0 Å². The topological polar surface area (TPSA) is 51.8 Å². The molecular weight excluding hydrogens is 250 g/mol. The maximum Gasteiger partial charge on any atom is 0.142 e. The van der Waals surface area contributed by atoms with Crippen LogP contribution in [-0.4, -0.2) is 32.8 Å². The molecule has 94 valence electrons. The lowest BCUT2D eigenvalue weighted by atomic mass is 10.1. The minimum absolute atomic E-state index is 0.169. The second kappa shape index (κ2) is 6.07. The Balaban J connectivity index is 2.06. The van der Waals surface area contributed by atoms with Gasteiger partial charge in [0.1, 0.15) is 5.82 Å². The van der Waals surface area contributed by atoms with Gasteiger partial charge in [-0.3, -0.25) is 0 Å². The number of rotatable bonds is 3. The number of hydrogen-bond donors (Lipinski definition) is 1. The fraction of sp³-hybridized carbons (Fsp3) is 0.667. The van der Waals surface area contributed by atoms with Crippen LogP contribution in [0.5, 0.6) is 0 Å². The Bertz CT molecular complexity index is 353. The highest BCUT2D eigenvalue weighted by molar-refractivity contribution is 8.06. The number of nitrogens with two attached hydrogens (primary N) is 1. The standard InChI is InChI=1S/C12H19N3S2/c1-8(13)5-10-6-14-12(15-7-10)11-9(2)16-3-4-17-11/h6-9,11H,3-5,13H2,1-2H3. The average molecular weight is 269 g/mol. The first-order valence-electron chi connectivity index (χ1n) is 5.96. The molecule has 1 saturated heterocycles. The summed E-state index contributed by atoms with van der Waals surface area (Å²) < 4.78 is 0. The molecule has 1 fully saturated rings. The fourth-order valence-electron chi connectivity index (χ4n) is 1.91. The van der Waals surface area contributed by atoms with E-state index < -0.39 is 0 Å².